The molecule has 0 aromatic heterocycles. The Labute approximate surface area is 157 Å². The quantitative estimate of drug-likeness (QED) is 0.735. The van der Waals surface area contributed by atoms with E-state index in [1.165, 1.54) is 10.4 Å². The molecule has 0 atom stereocenters. The summed E-state index contributed by atoms with van der Waals surface area (Å²) in [6.07, 6.45) is 0. The van der Waals surface area contributed by atoms with Crippen molar-refractivity contribution in [3.8, 4) is 0 Å². The second kappa shape index (κ2) is 7.10. The molecule has 0 bridgehead atoms. The predicted molar refractivity (Wildman–Crippen MR) is 108 cm³/mol. The van der Waals surface area contributed by atoms with Crippen LogP contribution in [0.25, 0.3) is 0 Å². The molecule has 0 radical (unpaired) electrons. The molecule has 0 saturated carbocycles. The maximum absolute atomic E-state index is 12.2. The van der Waals surface area contributed by atoms with Crippen LogP contribution in [0.1, 0.15) is 27.7 Å². The van der Waals surface area contributed by atoms with E-state index >= 15 is 0 Å². The number of ether oxygens (including phenoxy) is 1. The Bertz CT molecular complexity index is 706. The average Bonchev–Trinajstić information content (AvgIpc) is 2.57. The van der Waals surface area contributed by atoms with Gasteiger partial charge in [-0.3, -0.25) is 4.79 Å². The van der Waals surface area contributed by atoms with Gasteiger partial charge in [0.15, 0.2) is 0 Å². The van der Waals surface area contributed by atoms with Gasteiger partial charge in [-0.1, -0.05) is 81.4 Å². The van der Waals surface area contributed by atoms with Gasteiger partial charge >= 0.3 is 0 Å². The number of Topliss-reactive ketones (excluding diaryl/α,β-unsaturated/α-hetero) is 1. The van der Waals surface area contributed by atoms with Crippen molar-refractivity contribution in [2.24, 2.45) is 5.41 Å². The van der Waals surface area contributed by atoms with Crippen molar-refractivity contribution in [3.63, 3.8) is 0 Å². The zero-order chi connectivity index (χ0) is 18.8. The molecule has 0 amide bonds. The second-order valence-corrected chi connectivity index (χ2v) is 12.6. The van der Waals surface area contributed by atoms with Crippen LogP contribution in [0.15, 0.2) is 60.7 Å². The first-order chi connectivity index (χ1) is 12.3. The highest BCUT2D eigenvalue weighted by Gasteiger charge is 2.53. The molecule has 0 aliphatic carbocycles. The van der Waals surface area contributed by atoms with Gasteiger partial charge in [0, 0.05) is 0 Å². The highest BCUT2D eigenvalue weighted by atomic mass is 28.4. The predicted octanol–water partition coefficient (Wildman–Crippen LogP) is 3.17. The summed E-state index contributed by atoms with van der Waals surface area (Å²) < 4.78 is 12.2. The van der Waals surface area contributed by atoms with Crippen LogP contribution >= 0.6 is 0 Å². The molecule has 26 heavy (non-hydrogen) atoms. The smallest absolute Gasteiger partial charge is 0.261 e. The van der Waals surface area contributed by atoms with Gasteiger partial charge in [-0.05, 0) is 22.3 Å². The Morgan fingerprint density at radius 1 is 1.00 bits per heavy atom. The van der Waals surface area contributed by atoms with Crippen molar-refractivity contribution < 1.29 is 14.0 Å². The summed E-state index contributed by atoms with van der Waals surface area (Å²) in [7, 11) is -2.60. The number of carbonyl (C=O) groups excluding carboxylic acids is 1. The SMILES string of the molecule is CC(=O)C1(CO[Si](c2ccccc2)(c2ccccc2)C(C)(C)C)COC1. The average molecular weight is 369 g/mol. The molecule has 0 N–H and O–H groups in total. The molecule has 1 aliphatic rings. The summed E-state index contributed by atoms with van der Waals surface area (Å²) in [6, 6.07) is 21.0. The van der Waals surface area contributed by atoms with Crippen molar-refractivity contribution in [1.29, 1.82) is 0 Å². The molecule has 4 heteroatoms. The molecular formula is C22H28O3Si. The van der Waals surface area contributed by atoms with Crippen LogP contribution in [0.2, 0.25) is 5.04 Å². The third-order valence-electron chi connectivity index (χ3n) is 5.49. The van der Waals surface area contributed by atoms with E-state index in [1.54, 1.807) is 6.92 Å². The fourth-order valence-corrected chi connectivity index (χ4v) is 8.39. The number of carbonyl (C=O) groups is 1. The second-order valence-electron chi connectivity index (χ2n) is 8.28. The van der Waals surface area contributed by atoms with Crippen molar-refractivity contribution >= 4 is 24.5 Å². The summed E-state index contributed by atoms with van der Waals surface area (Å²) in [5.74, 6) is 0.154. The van der Waals surface area contributed by atoms with Crippen LogP contribution in [0, 0.1) is 5.41 Å². The van der Waals surface area contributed by atoms with E-state index in [0.29, 0.717) is 19.8 Å². The van der Waals surface area contributed by atoms with Crippen molar-refractivity contribution in [2.45, 2.75) is 32.7 Å². The number of hydrogen-bond acceptors (Lipinski definition) is 3. The molecule has 2 aromatic rings. The fourth-order valence-electron chi connectivity index (χ4n) is 3.74. The van der Waals surface area contributed by atoms with Gasteiger partial charge in [-0.25, -0.2) is 0 Å². The van der Waals surface area contributed by atoms with Crippen LogP contribution in [0.4, 0.5) is 0 Å². The maximum Gasteiger partial charge on any atom is 0.261 e. The van der Waals surface area contributed by atoms with Crippen LogP contribution in [-0.2, 0) is 14.0 Å². The van der Waals surface area contributed by atoms with Crippen LogP contribution in [0.3, 0.4) is 0 Å². The van der Waals surface area contributed by atoms with Crippen LogP contribution in [-0.4, -0.2) is 33.9 Å². The monoisotopic (exact) mass is 368 g/mol. The molecule has 1 heterocycles. The molecule has 2 aromatic carbocycles. The van der Waals surface area contributed by atoms with Gasteiger partial charge in [-0.15, -0.1) is 0 Å². The Kier molecular flexibility index (Phi) is 5.20. The molecule has 3 nitrogen and oxygen atoms in total. The van der Waals surface area contributed by atoms with Crippen LogP contribution in [0.5, 0.6) is 0 Å². The highest BCUT2D eigenvalue weighted by Crippen LogP contribution is 2.39. The third kappa shape index (κ3) is 3.17. The first-order valence-corrected chi connectivity index (χ1v) is 11.1. The molecule has 0 spiro atoms. The first-order valence-electron chi connectivity index (χ1n) is 9.16. The summed E-state index contributed by atoms with van der Waals surface area (Å²) in [5, 5.41) is 2.38. The van der Waals surface area contributed by atoms with E-state index in [-0.39, 0.29) is 10.8 Å². The largest absolute Gasteiger partial charge is 0.406 e. The van der Waals surface area contributed by atoms with Gasteiger partial charge in [-0.2, -0.15) is 0 Å². The lowest BCUT2D eigenvalue weighted by molar-refractivity contribution is -0.164. The Morgan fingerprint density at radius 3 is 1.77 bits per heavy atom. The summed E-state index contributed by atoms with van der Waals surface area (Å²) >= 11 is 0. The zero-order valence-electron chi connectivity index (χ0n) is 16.1. The number of hydrogen-bond donors (Lipinski definition) is 0. The minimum atomic E-state index is -2.60. The van der Waals surface area contributed by atoms with E-state index in [0.717, 1.165) is 0 Å². The molecule has 0 unspecified atom stereocenters. The van der Waals surface area contributed by atoms with Gasteiger partial charge in [0.2, 0.25) is 0 Å². The van der Waals surface area contributed by atoms with Gasteiger partial charge in [0.1, 0.15) is 5.78 Å². The number of rotatable bonds is 6. The molecular weight excluding hydrogens is 340 g/mol. The van der Waals surface area contributed by atoms with Crippen molar-refractivity contribution in [2.75, 3.05) is 19.8 Å². The standard InChI is InChI=1S/C22H28O3Si/c1-18(23)22(15-24-16-22)17-25-26(21(2,3)4,19-11-7-5-8-12-19)20-13-9-6-10-14-20/h5-14H,15-17H2,1-4H3. The molecule has 3 rings (SSSR count). The topological polar surface area (TPSA) is 35.5 Å². The normalized spacial score (nSPS) is 16.8. The van der Waals surface area contributed by atoms with E-state index in [4.69, 9.17) is 9.16 Å². The highest BCUT2D eigenvalue weighted by molar-refractivity contribution is 6.99. The minimum Gasteiger partial charge on any atom is -0.406 e. The van der Waals surface area contributed by atoms with E-state index in [2.05, 4.69) is 69.3 Å². The fraction of sp³-hybridized carbons (Fsp3) is 0.409. The summed E-state index contributed by atoms with van der Waals surface area (Å²) in [4.78, 5) is 12.2. The third-order valence-corrected chi connectivity index (χ3v) is 10.5. The van der Waals surface area contributed by atoms with Crippen molar-refractivity contribution in [1.82, 2.24) is 0 Å². The van der Waals surface area contributed by atoms with E-state index < -0.39 is 13.7 Å². The van der Waals surface area contributed by atoms with E-state index in [9.17, 15) is 4.79 Å². The number of ketones is 1. The maximum atomic E-state index is 12.2. The lowest BCUT2D eigenvalue weighted by Crippen LogP contribution is -2.68. The van der Waals surface area contributed by atoms with Gasteiger partial charge in [0.05, 0.1) is 25.2 Å². The molecule has 1 aliphatic heterocycles. The molecule has 1 saturated heterocycles. The Balaban J connectivity index is 2.10. The Hall–Kier alpha value is -1.75. The lowest BCUT2D eigenvalue weighted by atomic mass is 9.83. The summed E-state index contributed by atoms with van der Waals surface area (Å²) in [5.41, 5.74) is -0.493. The van der Waals surface area contributed by atoms with E-state index in [1.807, 2.05) is 12.1 Å². The van der Waals surface area contributed by atoms with Gasteiger partial charge < -0.3 is 9.16 Å². The lowest BCUT2D eigenvalue weighted by Gasteiger charge is -2.47. The number of benzene rings is 2. The van der Waals surface area contributed by atoms with Gasteiger partial charge in [0.25, 0.3) is 8.32 Å². The minimum absolute atomic E-state index is 0.0850. The zero-order valence-corrected chi connectivity index (χ0v) is 17.1. The summed E-state index contributed by atoms with van der Waals surface area (Å²) in [6.45, 7) is 9.72. The molecule has 1 fully saturated rings. The Morgan fingerprint density at radius 2 is 1.46 bits per heavy atom. The van der Waals surface area contributed by atoms with Crippen molar-refractivity contribution in [3.05, 3.63) is 60.7 Å². The van der Waals surface area contributed by atoms with Crippen LogP contribution < -0.4 is 10.4 Å². The first kappa shape index (κ1) is 19.0. The molecule has 138 valence electrons.